The number of nitrogens with one attached hydrogen (secondary N) is 1. The van der Waals surface area contributed by atoms with Gasteiger partial charge < -0.3 is 10.1 Å². The van der Waals surface area contributed by atoms with E-state index in [9.17, 15) is 4.79 Å². The predicted molar refractivity (Wildman–Crippen MR) is 77.4 cm³/mol. The summed E-state index contributed by atoms with van der Waals surface area (Å²) in [6.45, 7) is 0. The van der Waals surface area contributed by atoms with Gasteiger partial charge in [0.1, 0.15) is 5.75 Å². The van der Waals surface area contributed by atoms with Gasteiger partial charge in [-0.05, 0) is 36.4 Å². The average Bonchev–Trinajstić information content (AvgIpc) is 2.44. The van der Waals surface area contributed by atoms with E-state index >= 15 is 0 Å². The molecule has 2 rings (SSSR count). The Morgan fingerprint density at radius 3 is 2.42 bits per heavy atom. The van der Waals surface area contributed by atoms with Crippen molar-refractivity contribution in [1.29, 1.82) is 0 Å². The Morgan fingerprint density at radius 2 is 1.79 bits per heavy atom. The van der Waals surface area contributed by atoms with Crippen LogP contribution in [0.1, 0.15) is 10.4 Å². The van der Waals surface area contributed by atoms with Gasteiger partial charge in [0.05, 0.1) is 22.8 Å². The molecular weight excluding hydrogens is 285 g/mol. The number of carbonyl (C=O) groups is 1. The Bertz CT molecular complexity index is 597. The van der Waals surface area contributed by atoms with Crippen molar-refractivity contribution in [3.05, 3.63) is 58.1 Å². The second kappa shape index (κ2) is 5.95. The SMILES string of the molecule is COc1ccc(C(=O)Nc2cccc(Cl)c2Cl)cc1. The van der Waals surface area contributed by atoms with Gasteiger partial charge in [-0.25, -0.2) is 0 Å². The molecule has 0 saturated carbocycles. The molecule has 0 saturated heterocycles. The van der Waals surface area contributed by atoms with E-state index in [2.05, 4.69) is 5.32 Å². The molecule has 0 aliphatic carbocycles. The highest BCUT2D eigenvalue weighted by atomic mass is 35.5. The minimum Gasteiger partial charge on any atom is -0.497 e. The summed E-state index contributed by atoms with van der Waals surface area (Å²) >= 11 is 11.9. The van der Waals surface area contributed by atoms with Gasteiger partial charge in [0, 0.05) is 5.56 Å². The van der Waals surface area contributed by atoms with Gasteiger partial charge in [-0.1, -0.05) is 29.3 Å². The van der Waals surface area contributed by atoms with Gasteiger partial charge >= 0.3 is 0 Å². The van der Waals surface area contributed by atoms with Gasteiger partial charge in [-0.15, -0.1) is 0 Å². The number of anilines is 1. The van der Waals surface area contributed by atoms with Crippen molar-refractivity contribution in [2.24, 2.45) is 0 Å². The van der Waals surface area contributed by atoms with Crippen LogP contribution in [-0.4, -0.2) is 13.0 Å². The molecule has 2 aromatic rings. The fourth-order valence-corrected chi connectivity index (χ4v) is 1.88. The third kappa shape index (κ3) is 3.19. The fourth-order valence-electron chi connectivity index (χ4n) is 1.54. The van der Waals surface area contributed by atoms with Gasteiger partial charge in [0.25, 0.3) is 5.91 Å². The van der Waals surface area contributed by atoms with Crippen LogP contribution >= 0.6 is 23.2 Å². The van der Waals surface area contributed by atoms with Gasteiger partial charge in [-0.3, -0.25) is 4.79 Å². The van der Waals surface area contributed by atoms with Gasteiger partial charge in [-0.2, -0.15) is 0 Å². The molecule has 0 radical (unpaired) electrons. The predicted octanol–water partition coefficient (Wildman–Crippen LogP) is 4.25. The topological polar surface area (TPSA) is 38.3 Å². The van der Waals surface area contributed by atoms with Crippen molar-refractivity contribution in [1.82, 2.24) is 0 Å². The fraction of sp³-hybridized carbons (Fsp3) is 0.0714. The first-order valence-electron chi connectivity index (χ1n) is 5.51. The third-order valence-corrected chi connectivity index (χ3v) is 3.37. The maximum absolute atomic E-state index is 12.0. The van der Waals surface area contributed by atoms with E-state index in [1.807, 2.05) is 0 Å². The molecule has 0 fully saturated rings. The molecule has 1 amide bonds. The van der Waals surface area contributed by atoms with Crippen LogP contribution in [0.25, 0.3) is 0 Å². The van der Waals surface area contributed by atoms with Gasteiger partial charge in [0.2, 0.25) is 0 Å². The van der Waals surface area contributed by atoms with E-state index in [0.29, 0.717) is 27.0 Å². The summed E-state index contributed by atoms with van der Waals surface area (Å²) in [5.41, 5.74) is 0.992. The summed E-state index contributed by atoms with van der Waals surface area (Å²) in [6, 6.07) is 11.8. The van der Waals surface area contributed by atoms with E-state index in [1.165, 1.54) is 0 Å². The molecule has 19 heavy (non-hydrogen) atoms. The minimum absolute atomic E-state index is 0.258. The highest BCUT2D eigenvalue weighted by Crippen LogP contribution is 2.29. The molecule has 0 aliphatic rings. The maximum Gasteiger partial charge on any atom is 0.255 e. The van der Waals surface area contributed by atoms with Crippen molar-refractivity contribution in [2.45, 2.75) is 0 Å². The lowest BCUT2D eigenvalue weighted by atomic mass is 10.2. The van der Waals surface area contributed by atoms with Crippen LogP contribution in [0.5, 0.6) is 5.75 Å². The Kier molecular flexibility index (Phi) is 4.30. The number of halogens is 2. The van der Waals surface area contributed by atoms with Crippen LogP contribution in [-0.2, 0) is 0 Å². The summed E-state index contributed by atoms with van der Waals surface area (Å²) in [6.07, 6.45) is 0. The second-order valence-corrected chi connectivity index (χ2v) is 4.57. The number of carbonyl (C=O) groups excluding carboxylic acids is 1. The smallest absolute Gasteiger partial charge is 0.255 e. The molecule has 5 heteroatoms. The number of benzene rings is 2. The van der Waals surface area contributed by atoms with Crippen LogP contribution in [0, 0.1) is 0 Å². The van der Waals surface area contributed by atoms with E-state index in [1.54, 1.807) is 49.6 Å². The lowest BCUT2D eigenvalue weighted by Crippen LogP contribution is -2.12. The maximum atomic E-state index is 12.0. The van der Waals surface area contributed by atoms with E-state index < -0.39 is 0 Å². The number of methoxy groups -OCH3 is 1. The summed E-state index contributed by atoms with van der Waals surface area (Å²) < 4.78 is 5.03. The minimum atomic E-state index is -0.258. The highest BCUT2D eigenvalue weighted by molar-refractivity contribution is 6.44. The van der Waals surface area contributed by atoms with E-state index in [-0.39, 0.29) is 5.91 Å². The average molecular weight is 296 g/mol. The zero-order valence-corrected chi connectivity index (χ0v) is 11.6. The molecule has 1 N–H and O–H groups in total. The summed E-state index contributed by atoms with van der Waals surface area (Å²) in [7, 11) is 1.57. The Labute approximate surface area is 121 Å². The van der Waals surface area contributed by atoms with Crippen molar-refractivity contribution in [3.8, 4) is 5.75 Å². The number of hydrogen-bond acceptors (Lipinski definition) is 2. The van der Waals surface area contributed by atoms with Crippen molar-refractivity contribution in [2.75, 3.05) is 12.4 Å². The van der Waals surface area contributed by atoms with Crippen molar-refractivity contribution < 1.29 is 9.53 Å². The second-order valence-electron chi connectivity index (χ2n) is 3.78. The van der Waals surface area contributed by atoms with Crippen LogP contribution in [0.4, 0.5) is 5.69 Å². The number of amides is 1. The molecule has 2 aromatic carbocycles. The molecule has 0 bridgehead atoms. The Morgan fingerprint density at radius 1 is 1.11 bits per heavy atom. The molecule has 0 aromatic heterocycles. The number of ether oxygens (including phenoxy) is 1. The van der Waals surface area contributed by atoms with Crippen molar-refractivity contribution >= 4 is 34.8 Å². The molecular formula is C14H11Cl2NO2. The normalized spacial score (nSPS) is 10.1. The first kappa shape index (κ1) is 13.7. The number of rotatable bonds is 3. The highest BCUT2D eigenvalue weighted by Gasteiger charge is 2.10. The summed E-state index contributed by atoms with van der Waals surface area (Å²) in [5.74, 6) is 0.434. The van der Waals surface area contributed by atoms with Crippen LogP contribution in [0.15, 0.2) is 42.5 Å². The van der Waals surface area contributed by atoms with Crippen LogP contribution in [0.2, 0.25) is 10.0 Å². The Balaban J connectivity index is 2.18. The molecule has 0 heterocycles. The third-order valence-electron chi connectivity index (χ3n) is 2.55. The molecule has 3 nitrogen and oxygen atoms in total. The number of hydrogen-bond donors (Lipinski definition) is 1. The molecule has 0 atom stereocenters. The first-order valence-corrected chi connectivity index (χ1v) is 6.27. The first-order chi connectivity index (χ1) is 9.11. The zero-order valence-electron chi connectivity index (χ0n) is 10.1. The Hall–Kier alpha value is -1.71. The molecule has 0 aliphatic heterocycles. The van der Waals surface area contributed by atoms with Gasteiger partial charge in [0.15, 0.2) is 0 Å². The van der Waals surface area contributed by atoms with Crippen LogP contribution in [0.3, 0.4) is 0 Å². The zero-order chi connectivity index (χ0) is 13.8. The summed E-state index contributed by atoms with van der Waals surface area (Å²) in [5, 5.41) is 3.43. The van der Waals surface area contributed by atoms with Crippen molar-refractivity contribution in [3.63, 3.8) is 0 Å². The molecule has 0 spiro atoms. The standard InChI is InChI=1S/C14H11Cl2NO2/c1-19-10-7-5-9(6-8-10)14(18)17-12-4-2-3-11(15)13(12)16/h2-8H,1H3,(H,17,18). The summed E-state index contributed by atoms with van der Waals surface area (Å²) in [4.78, 5) is 12.0. The molecule has 98 valence electrons. The quantitative estimate of drug-likeness (QED) is 0.919. The lowest BCUT2D eigenvalue weighted by molar-refractivity contribution is 0.102. The van der Waals surface area contributed by atoms with E-state index in [0.717, 1.165) is 0 Å². The lowest BCUT2D eigenvalue weighted by Gasteiger charge is -2.08. The monoisotopic (exact) mass is 295 g/mol. The largest absolute Gasteiger partial charge is 0.497 e. The van der Waals surface area contributed by atoms with E-state index in [4.69, 9.17) is 27.9 Å². The molecule has 0 unspecified atom stereocenters. The van der Waals surface area contributed by atoms with Crippen LogP contribution < -0.4 is 10.1 Å².